The first-order valence-corrected chi connectivity index (χ1v) is 10.0. The molecule has 14 heteroatoms. The van der Waals surface area contributed by atoms with Crippen LogP contribution >= 0.6 is 0 Å². The number of carbonyl (C=O) groups excluding carboxylic acids is 3. The summed E-state index contributed by atoms with van der Waals surface area (Å²) in [5.74, 6) is -8.41. The van der Waals surface area contributed by atoms with Crippen molar-refractivity contribution in [1.29, 1.82) is 0 Å². The number of nitrogens with zero attached hydrogens (tertiary/aromatic N) is 1. The van der Waals surface area contributed by atoms with E-state index in [1.165, 1.54) is 31.2 Å². The predicted molar refractivity (Wildman–Crippen MR) is 113 cm³/mol. The Labute approximate surface area is 200 Å². The van der Waals surface area contributed by atoms with Crippen molar-refractivity contribution >= 4 is 23.3 Å². The van der Waals surface area contributed by atoms with Crippen molar-refractivity contribution in [3.05, 3.63) is 69.3 Å². The number of carbonyl (C=O) groups is 3. The summed E-state index contributed by atoms with van der Waals surface area (Å²) >= 11 is 0. The number of halogens is 5. The summed E-state index contributed by atoms with van der Waals surface area (Å²) in [6.45, 7) is -0.900. The lowest BCUT2D eigenvalue weighted by molar-refractivity contribution is -0.386. The van der Waals surface area contributed by atoms with Gasteiger partial charge in [0.2, 0.25) is 0 Å². The predicted octanol–water partition coefficient (Wildman–Crippen LogP) is 3.89. The zero-order chi connectivity index (χ0) is 27.3. The highest BCUT2D eigenvalue weighted by molar-refractivity contribution is 5.97. The summed E-state index contributed by atoms with van der Waals surface area (Å²) in [6.07, 6.45) is -6.06. The molecule has 36 heavy (non-hydrogen) atoms. The minimum atomic E-state index is -5.97. The Bertz CT molecular complexity index is 1150. The third kappa shape index (κ3) is 6.96. The van der Waals surface area contributed by atoms with E-state index in [2.05, 4.69) is 14.8 Å². The maximum Gasteiger partial charge on any atom is 0.456 e. The Morgan fingerprint density at radius 1 is 1.03 bits per heavy atom. The van der Waals surface area contributed by atoms with Crippen LogP contribution in [0.4, 0.5) is 27.6 Å². The lowest BCUT2D eigenvalue weighted by atomic mass is 10.0. The number of nitro groups is 1. The molecule has 1 amide bonds. The fourth-order valence-electron chi connectivity index (χ4n) is 2.86. The molecule has 0 aliphatic carbocycles. The molecule has 1 N–H and O–H groups in total. The summed E-state index contributed by atoms with van der Waals surface area (Å²) < 4.78 is 72.7. The van der Waals surface area contributed by atoms with Crippen molar-refractivity contribution in [2.75, 3.05) is 13.7 Å². The number of nitro benzene ring substituents is 1. The van der Waals surface area contributed by atoms with E-state index in [4.69, 9.17) is 0 Å². The molecule has 0 radical (unpaired) electrons. The van der Waals surface area contributed by atoms with Gasteiger partial charge >= 0.3 is 23.8 Å². The molecule has 0 bridgehead atoms. The normalized spacial score (nSPS) is 12.4. The van der Waals surface area contributed by atoms with Crippen molar-refractivity contribution in [3.63, 3.8) is 0 Å². The van der Waals surface area contributed by atoms with Crippen LogP contribution in [-0.2, 0) is 16.0 Å². The van der Waals surface area contributed by atoms with Crippen molar-refractivity contribution < 1.29 is 50.7 Å². The number of rotatable bonds is 10. The van der Waals surface area contributed by atoms with Crippen molar-refractivity contribution in [3.8, 4) is 5.75 Å². The van der Waals surface area contributed by atoms with Crippen LogP contribution in [0.25, 0.3) is 0 Å². The molecule has 0 aromatic heterocycles. The van der Waals surface area contributed by atoms with Gasteiger partial charge in [-0.05, 0) is 18.6 Å². The van der Waals surface area contributed by atoms with Gasteiger partial charge in [-0.25, -0.2) is 4.79 Å². The van der Waals surface area contributed by atoms with Gasteiger partial charge in [-0.15, -0.1) is 0 Å². The van der Waals surface area contributed by atoms with Crippen LogP contribution in [0.1, 0.15) is 33.2 Å². The number of nitrogens with one attached hydrogen (secondary N) is 1. The molecule has 9 nitrogen and oxygen atoms in total. The van der Waals surface area contributed by atoms with Gasteiger partial charge in [0.05, 0.1) is 12.0 Å². The van der Waals surface area contributed by atoms with Gasteiger partial charge in [-0.1, -0.05) is 24.3 Å². The number of alkyl halides is 5. The lowest BCUT2D eigenvalue weighted by Crippen LogP contribution is -2.43. The van der Waals surface area contributed by atoms with E-state index < -0.39 is 58.5 Å². The quantitative estimate of drug-likeness (QED) is 0.166. The Morgan fingerprint density at radius 3 is 2.11 bits per heavy atom. The molecule has 2 aromatic carbocycles. The number of amides is 1. The first-order valence-electron chi connectivity index (χ1n) is 10.0. The van der Waals surface area contributed by atoms with E-state index in [-0.39, 0.29) is 12.2 Å². The summed E-state index contributed by atoms with van der Waals surface area (Å²) in [5, 5.41) is 13.4. The van der Waals surface area contributed by atoms with Gasteiger partial charge in [-0.2, -0.15) is 22.0 Å². The van der Waals surface area contributed by atoms with E-state index >= 15 is 0 Å². The van der Waals surface area contributed by atoms with Crippen LogP contribution in [0.5, 0.6) is 5.75 Å². The number of ketones is 1. The monoisotopic (exact) mass is 518 g/mol. The molecule has 0 saturated heterocycles. The molecule has 0 spiro atoms. The molecule has 194 valence electrons. The fourth-order valence-corrected chi connectivity index (χ4v) is 2.86. The van der Waals surface area contributed by atoms with E-state index in [9.17, 15) is 46.5 Å². The second-order valence-corrected chi connectivity index (χ2v) is 7.44. The molecular formula is C22H19F5N2O7. The second kappa shape index (κ2) is 11.1. The number of hydrogen-bond acceptors (Lipinski definition) is 7. The van der Waals surface area contributed by atoms with Crippen LogP contribution in [-0.4, -0.2) is 54.4 Å². The molecule has 0 heterocycles. The van der Waals surface area contributed by atoms with Gasteiger partial charge in [0.1, 0.15) is 6.04 Å². The van der Waals surface area contributed by atoms with Crippen LogP contribution in [0.3, 0.4) is 0 Å². The Hall–Kier alpha value is -4.10. The fraction of sp³-hybridized carbons (Fsp3) is 0.318. The molecule has 1 atom stereocenters. The van der Waals surface area contributed by atoms with Crippen LogP contribution in [0.15, 0.2) is 42.5 Å². The minimum Gasteiger partial charge on any atom is -0.480 e. The van der Waals surface area contributed by atoms with E-state index in [1.807, 2.05) is 0 Å². The molecule has 0 aliphatic heterocycles. The van der Waals surface area contributed by atoms with Gasteiger partial charge in [0.25, 0.3) is 5.91 Å². The number of benzene rings is 2. The summed E-state index contributed by atoms with van der Waals surface area (Å²) in [6, 6.07) is 7.00. The van der Waals surface area contributed by atoms with Gasteiger partial charge < -0.3 is 14.8 Å². The Balaban J connectivity index is 2.27. The largest absolute Gasteiger partial charge is 0.480 e. The zero-order valence-corrected chi connectivity index (χ0v) is 18.7. The maximum absolute atomic E-state index is 13.2. The molecule has 0 unspecified atom stereocenters. The molecule has 2 rings (SSSR count). The zero-order valence-electron chi connectivity index (χ0n) is 18.7. The second-order valence-electron chi connectivity index (χ2n) is 7.44. The SMILES string of the molecule is COC(=O)[C@H](Cc1ccc(C(C)=O)cc1)NC(=O)c1ccc([N+](=O)[O-])c(OCC(F)(F)C(F)(F)F)c1. The maximum atomic E-state index is 13.2. The Morgan fingerprint density at radius 2 is 1.61 bits per heavy atom. The number of hydrogen-bond donors (Lipinski definition) is 1. The lowest BCUT2D eigenvalue weighted by Gasteiger charge is -2.20. The molecule has 0 saturated carbocycles. The number of esters is 1. The first-order chi connectivity index (χ1) is 16.7. The molecular weight excluding hydrogens is 499 g/mol. The van der Waals surface area contributed by atoms with Crippen LogP contribution in [0.2, 0.25) is 0 Å². The first kappa shape index (κ1) is 28.1. The van der Waals surface area contributed by atoms with Gasteiger partial charge in [0, 0.05) is 29.7 Å². The number of Topliss-reactive ketones (excluding diaryl/α,β-unsaturated/α-hetero) is 1. The number of ether oxygens (including phenoxy) is 2. The van der Waals surface area contributed by atoms with E-state index in [1.54, 1.807) is 0 Å². The van der Waals surface area contributed by atoms with Gasteiger partial charge in [0.15, 0.2) is 18.1 Å². The summed E-state index contributed by atoms with van der Waals surface area (Å²) in [4.78, 5) is 46.3. The van der Waals surface area contributed by atoms with E-state index in [0.717, 1.165) is 13.2 Å². The highest BCUT2D eigenvalue weighted by Crippen LogP contribution is 2.37. The smallest absolute Gasteiger partial charge is 0.456 e. The van der Waals surface area contributed by atoms with Crippen molar-refractivity contribution in [2.45, 2.75) is 31.5 Å². The highest BCUT2D eigenvalue weighted by Gasteiger charge is 2.58. The number of methoxy groups -OCH3 is 1. The molecule has 0 aliphatic rings. The average molecular weight is 518 g/mol. The third-order valence-corrected chi connectivity index (χ3v) is 4.83. The molecule has 0 fully saturated rings. The topological polar surface area (TPSA) is 125 Å². The minimum absolute atomic E-state index is 0.0925. The van der Waals surface area contributed by atoms with Gasteiger partial charge in [-0.3, -0.25) is 19.7 Å². The summed E-state index contributed by atoms with van der Waals surface area (Å²) in [7, 11) is 1.05. The summed E-state index contributed by atoms with van der Waals surface area (Å²) in [5.41, 5.74) is -0.448. The van der Waals surface area contributed by atoms with Crippen LogP contribution in [0, 0.1) is 10.1 Å². The van der Waals surface area contributed by atoms with Crippen molar-refractivity contribution in [2.24, 2.45) is 0 Å². The van der Waals surface area contributed by atoms with Crippen molar-refractivity contribution in [1.82, 2.24) is 5.32 Å². The molecule has 2 aromatic rings. The Kier molecular flexibility index (Phi) is 8.67. The van der Waals surface area contributed by atoms with E-state index in [0.29, 0.717) is 23.3 Å². The highest BCUT2D eigenvalue weighted by atomic mass is 19.4. The average Bonchev–Trinajstić information content (AvgIpc) is 2.81. The third-order valence-electron chi connectivity index (χ3n) is 4.83. The van der Waals surface area contributed by atoms with Crippen LogP contribution < -0.4 is 10.1 Å². The standard InChI is InChI=1S/C22H19F5N2O7/c1-12(30)14-5-3-13(4-6-14)9-16(20(32)35-2)28-19(31)15-7-8-17(29(33)34)18(10-15)36-11-21(23,24)22(25,26)27/h3-8,10,16H,9,11H2,1-2H3,(H,28,31)/t16-/m0/s1.